The van der Waals surface area contributed by atoms with Gasteiger partial charge in [-0.25, -0.2) is 0 Å². The Balaban J connectivity index is 1.75. The largest absolute Gasteiger partial charge is 0.507 e. The second-order valence-electron chi connectivity index (χ2n) is 9.18. The van der Waals surface area contributed by atoms with Crippen molar-refractivity contribution in [1.82, 2.24) is 0 Å². The fourth-order valence-electron chi connectivity index (χ4n) is 4.69. The van der Waals surface area contributed by atoms with Gasteiger partial charge < -0.3 is 33.6 Å². The Labute approximate surface area is 217 Å². The summed E-state index contributed by atoms with van der Waals surface area (Å²) in [6.45, 7) is 3.78. The number of hydrogen-bond donors (Lipinski definition) is 2. The average molecular weight is 519 g/mol. The summed E-state index contributed by atoms with van der Waals surface area (Å²) in [5, 5.41) is 20.9. The van der Waals surface area contributed by atoms with E-state index in [1.54, 1.807) is 37.4 Å². The molecule has 0 fully saturated rings. The summed E-state index contributed by atoms with van der Waals surface area (Å²) in [7, 11) is 2.97. The molecule has 0 radical (unpaired) electrons. The van der Waals surface area contributed by atoms with Gasteiger partial charge in [0.1, 0.15) is 28.2 Å². The van der Waals surface area contributed by atoms with E-state index in [9.17, 15) is 19.8 Å². The predicted octanol–water partition coefficient (Wildman–Crippen LogP) is 5.12. The molecule has 0 spiro atoms. The molecule has 1 aliphatic heterocycles. The van der Waals surface area contributed by atoms with Gasteiger partial charge in [0.15, 0.2) is 28.4 Å². The fourth-order valence-corrected chi connectivity index (χ4v) is 4.69. The summed E-state index contributed by atoms with van der Waals surface area (Å²) in [6, 6.07) is 12.4. The van der Waals surface area contributed by atoms with Crippen LogP contribution in [0.15, 0.2) is 57.7 Å². The van der Waals surface area contributed by atoms with Crippen LogP contribution in [0.25, 0.3) is 22.3 Å². The molecule has 0 amide bonds. The SMILES string of the molecule is COc1ccc(-c2cc(=O)c3c(O)cc4c(c3o2)[C@H](c2ccc(OC)c(OC(C)C)c2)CC(=O)O4)cc1O. The molecule has 2 heterocycles. The number of rotatable bonds is 6. The van der Waals surface area contributed by atoms with Crippen LogP contribution >= 0.6 is 0 Å². The fraction of sp³-hybridized carbons (Fsp3) is 0.241. The first-order valence-electron chi connectivity index (χ1n) is 12.0. The van der Waals surface area contributed by atoms with Gasteiger partial charge in [-0.2, -0.15) is 0 Å². The summed E-state index contributed by atoms with van der Waals surface area (Å²) in [4.78, 5) is 25.8. The number of carbonyl (C=O) groups excluding carboxylic acids is 1. The Morgan fingerprint density at radius 1 is 0.895 bits per heavy atom. The zero-order valence-corrected chi connectivity index (χ0v) is 21.2. The van der Waals surface area contributed by atoms with E-state index in [2.05, 4.69) is 0 Å². The van der Waals surface area contributed by atoms with Gasteiger partial charge in [0, 0.05) is 29.2 Å². The van der Waals surface area contributed by atoms with Crippen molar-refractivity contribution < 1.29 is 38.4 Å². The first kappa shape index (κ1) is 25.0. The van der Waals surface area contributed by atoms with Crippen molar-refractivity contribution in [1.29, 1.82) is 0 Å². The normalized spacial score (nSPS) is 14.8. The second kappa shape index (κ2) is 9.66. The summed E-state index contributed by atoms with van der Waals surface area (Å²) in [6.07, 6.45) is -0.153. The van der Waals surface area contributed by atoms with Gasteiger partial charge in [0.2, 0.25) is 0 Å². The van der Waals surface area contributed by atoms with Crippen molar-refractivity contribution in [3.8, 4) is 45.8 Å². The lowest BCUT2D eigenvalue weighted by atomic mass is 9.85. The molecule has 196 valence electrons. The number of carbonyl (C=O) groups is 1. The van der Waals surface area contributed by atoms with Crippen LogP contribution in [0.2, 0.25) is 0 Å². The Morgan fingerprint density at radius 3 is 2.32 bits per heavy atom. The van der Waals surface area contributed by atoms with Gasteiger partial charge in [0.25, 0.3) is 0 Å². The Bertz CT molecular complexity index is 1620. The van der Waals surface area contributed by atoms with Crippen LogP contribution < -0.4 is 24.4 Å². The molecule has 1 aliphatic rings. The molecule has 5 rings (SSSR count). The minimum atomic E-state index is -0.572. The van der Waals surface area contributed by atoms with E-state index in [-0.39, 0.29) is 52.3 Å². The molecule has 1 atom stereocenters. The summed E-state index contributed by atoms with van der Waals surface area (Å²) < 4.78 is 28.1. The lowest BCUT2D eigenvalue weighted by molar-refractivity contribution is -0.135. The molecule has 1 aromatic heterocycles. The molecule has 0 unspecified atom stereocenters. The average Bonchev–Trinajstić information content (AvgIpc) is 2.87. The smallest absolute Gasteiger partial charge is 0.312 e. The predicted molar refractivity (Wildman–Crippen MR) is 139 cm³/mol. The quantitative estimate of drug-likeness (QED) is 0.264. The molecule has 38 heavy (non-hydrogen) atoms. The summed E-state index contributed by atoms with van der Waals surface area (Å²) in [5.41, 5.74) is 1.15. The standard InChI is InChI=1S/C29H26O9/c1-14(2)36-24-10-15(5-8-22(24)35-4)17-11-26(33)37-25-13-20(32)28-19(31)12-23(38-29(28)27(17)25)16-6-7-21(34-3)18(30)9-16/h5-10,12-14,17,30,32H,11H2,1-4H3/t17-/m0/s1. The maximum Gasteiger partial charge on any atom is 0.312 e. The number of methoxy groups -OCH3 is 2. The molecule has 0 saturated heterocycles. The van der Waals surface area contributed by atoms with Crippen molar-refractivity contribution in [3.05, 3.63) is 69.9 Å². The van der Waals surface area contributed by atoms with Crippen LogP contribution in [0.1, 0.15) is 37.3 Å². The topological polar surface area (TPSA) is 125 Å². The minimum Gasteiger partial charge on any atom is -0.507 e. The maximum absolute atomic E-state index is 13.2. The third-order valence-corrected chi connectivity index (χ3v) is 6.34. The number of hydrogen-bond acceptors (Lipinski definition) is 9. The van der Waals surface area contributed by atoms with Crippen molar-refractivity contribution in [3.63, 3.8) is 0 Å². The van der Waals surface area contributed by atoms with Crippen LogP contribution in [0.3, 0.4) is 0 Å². The summed E-state index contributed by atoms with van der Waals surface area (Å²) >= 11 is 0. The van der Waals surface area contributed by atoms with Gasteiger partial charge in [-0.05, 0) is 49.7 Å². The summed E-state index contributed by atoms with van der Waals surface area (Å²) in [5.74, 6) is -0.0304. The van der Waals surface area contributed by atoms with Gasteiger partial charge in [-0.3, -0.25) is 9.59 Å². The second-order valence-corrected chi connectivity index (χ2v) is 9.18. The Morgan fingerprint density at radius 2 is 1.63 bits per heavy atom. The van der Waals surface area contributed by atoms with Crippen LogP contribution in [0, 0.1) is 0 Å². The molecule has 0 aliphatic carbocycles. The minimum absolute atomic E-state index is 0.0302. The van der Waals surface area contributed by atoms with Gasteiger partial charge in [0.05, 0.1) is 26.7 Å². The maximum atomic E-state index is 13.2. The number of ether oxygens (including phenoxy) is 4. The van der Waals surface area contributed by atoms with Gasteiger partial charge >= 0.3 is 5.97 Å². The van der Waals surface area contributed by atoms with Crippen molar-refractivity contribution in [2.24, 2.45) is 0 Å². The highest BCUT2D eigenvalue weighted by atomic mass is 16.5. The van der Waals surface area contributed by atoms with E-state index < -0.39 is 17.3 Å². The number of benzene rings is 3. The van der Waals surface area contributed by atoms with Crippen LogP contribution in [-0.2, 0) is 4.79 Å². The molecule has 9 nitrogen and oxygen atoms in total. The highest BCUT2D eigenvalue weighted by Gasteiger charge is 2.34. The number of fused-ring (bicyclic) bond motifs is 3. The first-order valence-corrected chi connectivity index (χ1v) is 12.0. The van der Waals surface area contributed by atoms with Gasteiger partial charge in [-0.1, -0.05) is 6.07 Å². The molecule has 2 N–H and O–H groups in total. The molecular formula is C29H26O9. The molecule has 0 saturated carbocycles. The van der Waals surface area contributed by atoms with Crippen molar-refractivity contribution in [2.45, 2.75) is 32.3 Å². The lowest BCUT2D eigenvalue weighted by Gasteiger charge is -2.26. The third kappa shape index (κ3) is 4.36. The molecule has 4 aromatic rings. The zero-order chi connectivity index (χ0) is 27.1. The Hall–Kier alpha value is -4.66. The van der Waals surface area contributed by atoms with Crippen LogP contribution in [0.4, 0.5) is 0 Å². The number of aromatic hydroxyl groups is 2. The van der Waals surface area contributed by atoms with E-state index in [4.69, 9.17) is 23.4 Å². The number of esters is 1. The molecular weight excluding hydrogens is 492 g/mol. The van der Waals surface area contributed by atoms with Crippen molar-refractivity contribution >= 4 is 16.9 Å². The first-order chi connectivity index (χ1) is 18.2. The number of phenolic OH excluding ortho intramolecular Hbond substituents is 2. The van der Waals surface area contributed by atoms with Crippen LogP contribution in [-0.4, -0.2) is 36.5 Å². The van der Waals surface area contributed by atoms with E-state index >= 15 is 0 Å². The third-order valence-electron chi connectivity index (χ3n) is 6.34. The van der Waals surface area contributed by atoms with Gasteiger partial charge in [-0.15, -0.1) is 0 Å². The number of phenols is 2. The van der Waals surface area contributed by atoms with E-state index in [1.165, 1.54) is 25.3 Å². The monoisotopic (exact) mass is 518 g/mol. The van der Waals surface area contributed by atoms with E-state index in [0.29, 0.717) is 28.2 Å². The highest BCUT2D eigenvalue weighted by molar-refractivity contribution is 5.93. The van der Waals surface area contributed by atoms with Crippen LogP contribution in [0.5, 0.6) is 34.5 Å². The highest BCUT2D eigenvalue weighted by Crippen LogP contribution is 2.47. The Kier molecular flexibility index (Phi) is 6.36. The molecule has 0 bridgehead atoms. The zero-order valence-electron chi connectivity index (χ0n) is 21.2. The lowest BCUT2D eigenvalue weighted by Crippen LogP contribution is -2.22. The van der Waals surface area contributed by atoms with Crippen molar-refractivity contribution in [2.75, 3.05) is 14.2 Å². The molecule has 9 heteroatoms. The van der Waals surface area contributed by atoms with E-state index in [1.807, 2.05) is 13.8 Å². The van der Waals surface area contributed by atoms with E-state index in [0.717, 1.165) is 0 Å². The molecule has 3 aromatic carbocycles.